The molecule has 0 aliphatic carbocycles. The van der Waals surface area contributed by atoms with Gasteiger partial charge in [0.2, 0.25) is 0 Å². The van der Waals surface area contributed by atoms with Gasteiger partial charge in [-0.3, -0.25) is 4.79 Å². The van der Waals surface area contributed by atoms with Crippen molar-refractivity contribution in [2.24, 2.45) is 0 Å². The smallest absolute Gasteiger partial charge is 0.266 e. The highest BCUT2D eigenvalue weighted by atomic mass is 35.5. The predicted molar refractivity (Wildman–Crippen MR) is 81.0 cm³/mol. The van der Waals surface area contributed by atoms with Crippen molar-refractivity contribution >= 4 is 23.3 Å². The molecular weight excluding hydrogens is 292 g/mol. The number of carbonyl (C=O) groups is 1. The zero-order chi connectivity index (χ0) is 15.2. The second-order valence-corrected chi connectivity index (χ2v) is 4.72. The summed E-state index contributed by atoms with van der Waals surface area (Å²) in [5, 5.41) is 3.16. The van der Waals surface area contributed by atoms with E-state index in [0.717, 1.165) is 5.75 Å². The number of methoxy groups -OCH3 is 1. The molecule has 1 heterocycles. The van der Waals surface area contributed by atoms with Crippen LogP contribution in [0.4, 0.5) is 5.82 Å². The third kappa shape index (κ3) is 4.36. The van der Waals surface area contributed by atoms with Gasteiger partial charge in [-0.05, 0) is 43.3 Å². The topological polar surface area (TPSA) is 60.5 Å². The lowest BCUT2D eigenvalue weighted by atomic mass is 10.3. The highest BCUT2D eigenvalue weighted by Crippen LogP contribution is 2.18. The Morgan fingerprint density at radius 2 is 1.86 bits per heavy atom. The second-order valence-electron chi connectivity index (χ2n) is 4.29. The van der Waals surface area contributed by atoms with E-state index >= 15 is 0 Å². The van der Waals surface area contributed by atoms with E-state index in [4.69, 9.17) is 21.1 Å². The summed E-state index contributed by atoms with van der Waals surface area (Å²) in [6, 6.07) is 10.3. The van der Waals surface area contributed by atoms with Gasteiger partial charge in [0, 0.05) is 6.20 Å². The van der Waals surface area contributed by atoms with Crippen molar-refractivity contribution in [3.05, 3.63) is 47.6 Å². The first-order valence-corrected chi connectivity index (χ1v) is 6.69. The number of pyridine rings is 1. The Morgan fingerprint density at radius 3 is 2.43 bits per heavy atom. The van der Waals surface area contributed by atoms with Gasteiger partial charge < -0.3 is 14.8 Å². The number of hydrogen-bond acceptors (Lipinski definition) is 4. The molecular formula is C15H15ClN2O3. The summed E-state index contributed by atoms with van der Waals surface area (Å²) < 4.78 is 10.6. The van der Waals surface area contributed by atoms with E-state index in [9.17, 15) is 4.79 Å². The first kappa shape index (κ1) is 15.1. The fourth-order valence-corrected chi connectivity index (χ4v) is 1.70. The summed E-state index contributed by atoms with van der Waals surface area (Å²) in [7, 11) is 1.59. The molecule has 2 aromatic rings. The molecule has 1 amide bonds. The SMILES string of the molecule is COc1ccc(OC(C)C(=O)Nc2ccc(Cl)cn2)cc1. The molecule has 0 radical (unpaired) electrons. The minimum Gasteiger partial charge on any atom is -0.497 e. The second kappa shape index (κ2) is 6.95. The summed E-state index contributed by atoms with van der Waals surface area (Å²) in [6.45, 7) is 1.66. The van der Waals surface area contributed by atoms with Gasteiger partial charge in [-0.2, -0.15) is 0 Å². The summed E-state index contributed by atoms with van der Waals surface area (Å²) in [5.74, 6) is 1.45. The van der Waals surface area contributed by atoms with E-state index in [1.165, 1.54) is 6.20 Å². The number of nitrogens with one attached hydrogen (secondary N) is 1. The van der Waals surface area contributed by atoms with Crippen molar-refractivity contribution in [1.29, 1.82) is 0 Å². The fraction of sp³-hybridized carbons (Fsp3) is 0.200. The van der Waals surface area contributed by atoms with Crippen LogP contribution in [-0.4, -0.2) is 24.1 Å². The molecule has 1 N–H and O–H groups in total. The largest absolute Gasteiger partial charge is 0.497 e. The molecule has 110 valence electrons. The molecule has 21 heavy (non-hydrogen) atoms. The van der Waals surface area contributed by atoms with E-state index in [0.29, 0.717) is 16.6 Å². The lowest BCUT2D eigenvalue weighted by Gasteiger charge is -2.14. The van der Waals surface area contributed by atoms with Crippen LogP contribution in [0.3, 0.4) is 0 Å². The first-order valence-electron chi connectivity index (χ1n) is 6.31. The maximum absolute atomic E-state index is 12.0. The number of carbonyl (C=O) groups excluding carboxylic acids is 1. The zero-order valence-electron chi connectivity index (χ0n) is 11.7. The van der Waals surface area contributed by atoms with Gasteiger partial charge in [-0.1, -0.05) is 11.6 Å². The van der Waals surface area contributed by atoms with Gasteiger partial charge in [-0.25, -0.2) is 4.98 Å². The maximum atomic E-state index is 12.0. The van der Waals surface area contributed by atoms with Crippen LogP contribution >= 0.6 is 11.6 Å². The lowest BCUT2D eigenvalue weighted by molar-refractivity contribution is -0.122. The quantitative estimate of drug-likeness (QED) is 0.922. The normalized spacial score (nSPS) is 11.6. The minimum atomic E-state index is -0.657. The summed E-state index contributed by atoms with van der Waals surface area (Å²) in [5.41, 5.74) is 0. The third-order valence-corrected chi connectivity index (χ3v) is 2.94. The number of anilines is 1. The molecule has 1 atom stereocenters. The molecule has 0 aliphatic heterocycles. The van der Waals surface area contributed by atoms with Crippen LogP contribution in [0.1, 0.15) is 6.92 Å². The van der Waals surface area contributed by atoms with Crippen LogP contribution in [0.25, 0.3) is 0 Å². The molecule has 5 nitrogen and oxygen atoms in total. The van der Waals surface area contributed by atoms with E-state index in [1.54, 1.807) is 50.4 Å². The van der Waals surface area contributed by atoms with Crippen molar-refractivity contribution < 1.29 is 14.3 Å². The van der Waals surface area contributed by atoms with Crippen LogP contribution in [0, 0.1) is 0 Å². The van der Waals surface area contributed by atoms with Gasteiger partial charge in [0.05, 0.1) is 12.1 Å². The number of rotatable bonds is 5. The molecule has 1 unspecified atom stereocenters. The average Bonchev–Trinajstić information content (AvgIpc) is 2.50. The molecule has 0 spiro atoms. The number of amides is 1. The predicted octanol–water partition coefficient (Wildman–Crippen LogP) is 3.15. The van der Waals surface area contributed by atoms with Crippen LogP contribution < -0.4 is 14.8 Å². The Balaban J connectivity index is 1.93. The van der Waals surface area contributed by atoms with E-state index in [-0.39, 0.29) is 5.91 Å². The Bertz CT molecular complexity index is 599. The van der Waals surface area contributed by atoms with Gasteiger partial charge in [-0.15, -0.1) is 0 Å². The fourth-order valence-electron chi connectivity index (χ4n) is 1.59. The Morgan fingerprint density at radius 1 is 1.19 bits per heavy atom. The number of hydrogen-bond donors (Lipinski definition) is 1. The molecule has 2 rings (SSSR count). The Labute approximate surface area is 127 Å². The molecule has 1 aromatic carbocycles. The van der Waals surface area contributed by atoms with Crippen LogP contribution in [0.5, 0.6) is 11.5 Å². The van der Waals surface area contributed by atoms with E-state index in [1.807, 2.05) is 0 Å². The number of aromatic nitrogens is 1. The molecule has 0 fully saturated rings. The molecule has 0 aliphatic rings. The molecule has 6 heteroatoms. The van der Waals surface area contributed by atoms with Gasteiger partial charge in [0.25, 0.3) is 5.91 Å². The van der Waals surface area contributed by atoms with Crippen LogP contribution in [0.2, 0.25) is 5.02 Å². The molecule has 1 aromatic heterocycles. The summed E-state index contributed by atoms with van der Waals surface area (Å²) in [4.78, 5) is 16.0. The highest BCUT2D eigenvalue weighted by molar-refractivity contribution is 6.30. The highest BCUT2D eigenvalue weighted by Gasteiger charge is 2.15. The monoisotopic (exact) mass is 306 g/mol. The maximum Gasteiger partial charge on any atom is 0.266 e. The van der Waals surface area contributed by atoms with E-state index < -0.39 is 6.10 Å². The van der Waals surface area contributed by atoms with Crippen LogP contribution in [0.15, 0.2) is 42.6 Å². The van der Waals surface area contributed by atoms with E-state index in [2.05, 4.69) is 10.3 Å². The van der Waals surface area contributed by atoms with Crippen LogP contribution in [-0.2, 0) is 4.79 Å². The molecule has 0 saturated heterocycles. The Kier molecular flexibility index (Phi) is 5.00. The van der Waals surface area contributed by atoms with Crippen molar-refractivity contribution in [2.75, 3.05) is 12.4 Å². The first-order chi connectivity index (χ1) is 10.1. The standard InChI is InChI=1S/C15H15ClN2O3/c1-10(21-13-6-4-12(20-2)5-7-13)15(19)18-14-8-3-11(16)9-17-14/h3-10H,1-2H3,(H,17,18,19). The Hall–Kier alpha value is -2.27. The lowest BCUT2D eigenvalue weighted by Crippen LogP contribution is -2.30. The third-order valence-electron chi connectivity index (χ3n) is 2.72. The number of benzene rings is 1. The van der Waals surface area contributed by atoms with Crippen molar-refractivity contribution in [1.82, 2.24) is 4.98 Å². The zero-order valence-corrected chi connectivity index (χ0v) is 12.4. The number of halogens is 1. The minimum absolute atomic E-state index is 0.291. The summed E-state index contributed by atoms with van der Waals surface area (Å²) >= 11 is 5.73. The number of nitrogens with zero attached hydrogens (tertiary/aromatic N) is 1. The van der Waals surface area contributed by atoms with Crippen molar-refractivity contribution in [3.8, 4) is 11.5 Å². The average molecular weight is 307 g/mol. The van der Waals surface area contributed by atoms with Gasteiger partial charge in [0.15, 0.2) is 6.10 Å². The number of ether oxygens (including phenoxy) is 2. The van der Waals surface area contributed by atoms with Crippen molar-refractivity contribution in [2.45, 2.75) is 13.0 Å². The van der Waals surface area contributed by atoms with Gasteiger partial charge >= 0.3 is 0 Å². The molecule has 0 bridgehead atoms. The summed E-state index contributed by atoms with van der Waals surface area (Å²) in [6.07, 6.45) is 0.808. The van der Waals surface area contributed by atoms with Crippen molar-refractivity contribution in [3.63, 3.8) is 0 Å². The van der Waals surface area contributed by atoms with Gasteiger partial charge in [0.1, 0.15) is 17.3 Å². The molecule has 0 saturated carbocycles.